The van der Waals surface area contributed by atoms with Crippen molar-refractivity contribution in [2.45, 2.75) is 6.42 Å². The maximum absolute atomic E-state index is 13.7. The van der Waals surface area contributed by atoms with Gasteiger partial charge in [0.2, 0.25) is 10.0 Å². The van der Waals surface area contributed by atoms with Gasteiger partial charge in [0.1, 0.15) is 22.9 Å². The van der Waals surface area contributed by atoms with E-state index in [1.807, 2.05) is 0 Å². The minimum Gasteiger partial charge on any atom is -0.494 e. The summed E-state index contributed by atoms with van der Waals surface area (Å²) in [6.07, 6.45) is 0.524. The number of hydrogen-bond donors (Lipinski definition) is 1. The molecule has 9 heteroatoms. The summed E-state index contributed by atoms with van der Waals surface area (Å²) in [5.41, 5.74) is -0.143. The fourth-order valence-corrected chi connectivity index (χ4v) is 4.32. The predicted octanol–water partition coefficient (Wildman–Crippen LogP) is 2.77. The average molecular weight is 382 g/mol. The van der Waals surface area contributed by atoms with Gasteiger partial charge in [0.25, 0.3) is 5.91 Å². The van der Waals surface area contributed by atoms with Crippen LogP contribution in [0, 0.1) is 11.6 Å². The van der Waals surface area contributed by atoms with E-state index in [4.69, 9.17) is 4.74 Å². The van der Waals surface area contributed by atoms with E-state index in [-0.39, 0.29) is 17.2 Å². The summed E-state index contributed by atoms with van der Waals surface area (Å²) in [6, 6.07) is 7.51. The predicted molar refractivity (Wildman–Crippen MR) is 93.1 cm³/mol. The standard InChI is InChI=1S/C17H16F2N2O4S/c1-25-15-10-11(21-8-3-9-26(21,23)24)6-7-14(15)20-17(22)16-12(18)4-2-5-13(16)19/h2,4-7,10H,3,8-9H2,1H3,(H,20,22). The molecule has 2 aromatic carbocycles. The lowest BCUT2D eigenvalue weighted by atomic mass is 10.1. The molecule has 1 saturated heterocycles. The molecule has 26 heavy (non-hydrogen) atoms. The highest BCUT2D eigenvalue weighted by molar-refractivity contribution is 7.93. The number of hydrogen-bond acceptors (Lipinski definition) is 4. The third-order valence-corrected chi connectivity index (χ3v) is 5.88. The van der Waals surface area contributed by atoms with Crippen LogP contribution in [0.25, 0.3) is 0 Å². The van der Waals surface area contributed by atoms with Crippen molar-refractivity contribution >= 4 is 27.3 Å². The molecule has 0 aromatic heterocycles. The topological polar surface area (TPSA) is 75.7 Å². The smallest absolute Gasteiger partial charge is 0.261 e. The minimum atomic E-state index is -3.36. The van der Waals surface area contributed by atoms with Gasteiger partial charge in [-0.2, -0.15) is 0 Å². The van der Waals surface area contributed by atoms with Gasteiger partial charge in [-0.3, -0.25) is 9.10 Å². The Hall–Kier alpha value is -2.68. The molecule has 1 amide bonds. The van der Waals surface area contributed by atoms with Crippen LogP contribution >= 0.6 is 0 Å². The quantitative estimate of drug-likeness (QED) is 0.882. The number of benzene rings is 2. The van der Waals surface area contributed by atoms with Gasteiger partial charge >= 0.3 is 0 Å². The van der Waals surface area contributed by atoms with Crippen LogP contribution in [0.15, 0.2) is 36.4 Å². The van der Waals surface area contributed by atoms with Crippen LogP contribution in [0.3, 0.4) is 0 Å². The molecule has 1 fully saturated rings. The van der Waals surface area contributed by atoms with Crippen LogP contribution in [0.5, 0.6) is 5.75 Å². The number of sulfonamides is 1. The lowest BCUT2D eigenvalue weighted by Crippen LogP contribution is -2.25. The zero-order valence-electron chi connectivity index (χ0n) is 13.8. The summed E-state index contributed by atoms with van der Waals surface area (Å²) in [7, 11) is -2.02. The van der Waals surface area contributed by atoms with Crippen LogP contribution in [0.4, 0.5) is 20.2 Å². The van der Waals surface area contributed by atoms with Crippen molar-refractivity contribution in [1.82, 2.24) is 0 Å². The number of carbonyl (C=O) groups is 1. The summed E-state index contributed by atoms with van der Waals surface area (Å²) < 4.78 is 58.0. The number of amides is 1. The van der Waals surface area contributed by atoms with Crippen LogP contribution < -0.4 is 14.4 Å². The molecule has 0 atom stereocenters. The third-order valence-electron chi connectivity index (χ3n) is 4.01. The lowest BCUT2D eigenvalue weighted by molar-refractivity contribution is 0.101. The SMILES string of the molecule is COc1cc(N2CCCS2(=O)=O)ccc1NC(=O)c1c(F)cccc1F. The summed E-state index contributed by atoms with van der Waals surface area (Å²) in [5.74, 6) is -2.70. The molecule has 1 aliphatic heterocycles. The maximum atomic E-state index is 13.7. The molecule has 0 spiro atoms. The number of rotatable bonds is 4. The second-order valence-electron chi connectivity index (χ2n) is 5.68. The van der Waals surface area contributed by atoms with Crippen LogP contribution in [0.2, 0.25) is 0 Å². The molecule has 1 heterocycles. The Morgan fingerprint density at radius 3 is 2.46 bits per heavy atom. The normalized spacial score (nSPS) is 15.7. The minimum absolute atomic E-state index is 0.0698. The number of carbonyl (C=O) groups excluding carboxylic acids is 1. The van der Waals surface area contributed by atoms with Crippen molar-refractivity contribution in [3.05, 3.63) is 53.6 Å². The fraction of sp³-hybridized carbons (Fsp3) is 0.235. The van der Waals surface area contributed by atoms with Crippen molar-refractivity contribution in [1.29, 1.82) is 0 Å². The molecular formula is C17H16F2N2O4S. The Bertz CT molecular complexity index is 943. The zero-order chi connectivity index (χ0) is 18.9. The lowest BCUT2D eigenvalue weighted by Gasteiger charge is -2.19. The summed E-state index contributed by atoms with van der Waals surface area (Å²) in [5, 5.41) is 2.39. The number of nitrogens with zero attached hydrogens (tertiary/aromatic N) is 1. The Kier molecular flexibility index (Phi) is 4.82. The van der Waals surface area contributed by atoms with Gasteiger partial charge in [-0.1, -0.05) is 6.07 Å². The molecular weight excluding hydrogens is 366 g/mol. The summed E-state index contributed by atoms with van der Waals surface area (Å²) >= 11 is 0. The summed E-state index contributed by atoms with van der Waals surface area (Å²) in [6.45, 7) is 0.359. The van der Waals surface area contributed by atoms with E-state index < -0.39 is 33.1 Å². The number of anilines is 2. The van der Waals surface area contributed by atoms with Crippen molar-refractivity contribution in [2.75, 3.05) is 29.0 Å². The number of halogens is 2. The molecule has 0 aliphatic carbocycles. The average Bonchev–Trinajstić information content (AvgIpc) is 2.94. The number of methoxy groups -OCH3 is 1. The van der Waals surface area contributed by atoms with Gasteiger partial charge in [0.05, 0.1) is 24.2 Å². The highest BCUT2D eigenvalue weighted by atomic mass is 32.2. The molecule has 3 rings (SSSR count). The third kappa shape index (κ3) is 3.34. The van der Waals surface area contributed by atoms with Gasteiger partial charge < -0.3 is 10.1 Å². The Labute approximate surface area is 149 Å². The monoisotopic (exact) mass is 382 g/mol. The molecule has 0 bridgehead atoms. The first-order valence-electron chi connectivity index (χ1n) is 7.77. The molecule has 1 N–H and O–H groups in total. The first-order chi connectivity index (χ1) is 12.3. The maximum Gasteiger partial charge on any atom is 0.261 e. The number of ether oxygens (including phenoxy) is 1. The van der Waals surface area contributed by atoms with Crippen LogP contribution in [-0.2, 0) is 10.0 Å². The van der Waals surface area contributed by atoms with Crippen molar-refractivity contribution in [3.8, 4) is 5.75 Å². The first kappa shape index (κ1) is 18.1. The van der Waals surface area contributed by atoms with Gasteiger partial charge in [0.15, 0.2) is 0 Å². The molecule has 1 aliphatic rings. The van der Waals surface area contributed by atoms with E-state index in [1.54, 1.807) is 0 Å². The largest absolute Gasteiger partial charge is 0.494 e. The summed E-state index contributed by atoms with van der Waals surface area (Å²) in [4.78, 5) is 12.2. The molecule has 0 saturated carbocycles. The van der Waals surface area contributed by atoms with Crippen molar-refractivity contribution in [3.63, 3.8) is 0 Å². The van der Waals surface area contributed by atoms with E-state index in [0.717, 1.165) is 18.2 Å². The molecule has 138 valence electrons. The Morgan fingerprint density at radius 2 is 1.88 bits per heavy atom. The number of nitrogens with one attached hydrogen (secondary N) is 1. The van der Waals surface area contributed by atoms with E-state index in [2.05, 4.69) is 5.32 Å². The Morgan fingerprint density at radius 1 is 1.19 bits per heavy atom. The molecule has 2 aromatic rings. The fourth-order valence-electron chi connectivity index (χ4n) is 2.77. The molecule has 0 unspecified atom stereocenters. The van der Waals surface area contributed by atoms with E-state index in [9.17, 15) is 22.0 Å². The zero-order valence-corrected chi connectivity index (χ0v) is 14.6. The second kappa shape index (κ2) is 6.91. The second-order valence-corrected chi connectivity index (χ2v) is 7.69. The van der Waals surface area contributed by atoms with Crippen molar-refractivity contribution < 1.29 is 26.7 Å². The Balaban J connectivity index is 1.90. The van der Waals surface area contributed by atoms with Crippen LogP contribution in [-0.4, -0.2) is 33.7 Å². The highest BCUT2D eigenvalue weighted by Gasteiger charge is 2.29. The van der Waals surface area contributed by atoms with Gasteiger partial charge in [-0.05, 0) is 30.7 Å². The van der Waals surface area contributed by atoms with Gasteiger partial charge in [-0.15, -0.1) is 0 Å². The van der Waals surface area contributed by atoms with Gasteiger partial charge in [-0.25, -0.2) is 17.2 Å². The van der Waals surface area contributed by atoms with Crippen molar-refractivity contribution in [2.24, 2.45) is 0 Å². The highest BCUT2D eigenvalue weighted by Crippen LogP contribution is 2.33. The molecule has 0 radical (unpaired) electrons. The van der Waals surface area contributed by atoms with Crippen LogP contribution in [0.1, 0.15) is 16.8 Å². The first-order valence-corrected chi connectivity index (χ1v) is 9.38. The van der Waals surface area contributed by atoms with E-state index in [1.165, 1.54) is 29.6 Å². The van der Waals surface area contributed by atoms with E-state index in [0.29, 0.717) is 18.7 Å². The van der Waals surface area contributed by atoms with E-state index >= 15 is 0 Å². The molecule has 6 nitrogen and oxygen atoms in total. The van der Waals surface area contributed by atoms with Gasteiger partial charge in [0, 0.05) is 12.6 Å².